The van der Waals surface area contributed by atoms with Gasteiger partial charge in [-0.15, -0.1) is 0 Å². The van der Waals surface area contributed by atoms with Gasteiger partial charge in [0.25, 0.3) is 0 Å². The van der Waals surface area contributed by atoms with Gasteiger partial charge >= 0.3 is 11.9 Å². The van der Waals surface area contributed by atoms with Gasteiger partial charge in [0.05, 0.1) is 14.2 Å². The van der Waals surface area contributed by atoms with E-state index in [2.05, 4.69) is 23.3 Å². The minimum Gasteiger partial charge on any atom is -0.468 e. The summed E-state index contributed by atoms with van der Waals surface area (Å²) in [5.74, 6) is -1.40. The van der Waals surface area contributed by atoms with Crippen LogP contribution in [0.1, 0.15) is 39.5 Å². The van der Waals surface area contributed by atoms with Crippen molar-refractivity contribution >= 4 is 11.9 Å². The van der Waals surface area contributed by atoms with Crippen molar-refractivity contribution in [2.45, 2.75) is 39.5 Å². The lowest BCUT2D eigenvalue weighted by atomic mass is 9.89. The topological polar surface area (TPSA) is 52.6 Å². The fourth-order valence-electron chi connectivity index (χ4n) is 1.80. The number of hydrogen-bond acceptors (Lipinski definition) is 4. The van der Waals surface area contributed by atoms with Crippen molar-refractivity contribution in [3.05, 3.63) is 0 Å². The van der Waals surface area contributed by atoms with Gasteiger partial charge in [-0.1, -0.05) is 33.1 Å². The largest absolute Gasteiger partial charge is 0.468 e. The standard InChI is InChI=1S/C12H22O4/c1-5-7-9(6-2)8-10(11(13)15-3)12(14)16-4/h9-10H,5-8H2,1-4H3. The maximum Gasteiger partial charge on any atom is 0.320 e. The number of carbonyl (C=O) groups excluding carboxylic acids is 2. The van der Waals surface area contributed by atoms with Crippen molar-refractivity contribution in [3.8, 4) is 0 Å². The van der Waals surface area contributed by atoms with Gasteiger partial charge in [0, 0.05) is 0 Å². The van der Waals surface area contributed by atoms with E-state index in [1.807, 2.05) is 0 Å². The summed E-state index contributed by atoms with van der Waals surface area (Å²) in [5, 5.41) is 0. The second-order valence-electron chi connectivity index (χ2n) is 3.90. The zero-order valence-corrected chi connectivity index (χ0v) is 10.6. The molecule has 0 aliphatic carbocycles. The predicted molar refractivity (Wildman–Crippen MR) is 60.8 cm³/mol. The molecule has 0 N–H and O–H groups in total. The zero-order valence-electron chi connectivity index (χ0n) is 10.6. The summed E-state index contributed by atoms with van der Waals surface area (Å²) in [5.41, 5.74) is 0. The first kappa shape index (κ1) is 14.9. The number of esters is 2. The molecule has 0 saturated carbocycles. The molecule has 0 aromatic rings. The van der Waals surface area contributed by atoms with Crippen molar-refractivity contribution in [1.82, 2.24) is 0 Å². The van der Waals surface area contributed by atoms with E-state index in [4.69, 9.17) is 0 Å². The van der Waals surface area contributed by atoms with Crippen LogP contribution in [0.3, 0.4) is 0 Å². The van der Waals surface area contributed by atoms with Gasteiger partial charge in [0.1, 0.15) is 0 Å². The van der Waals surface area contributed by atoms with Crippen molar-refractivity contribution in [2.24, 2.45) is 11.8 Å². The number of methoxy groups -OCH3 is 2. The molecular formula is C12H22O4. The lowest BCUT2D eigenvalue weighted by molar-refractivity contribution is -0.159. The van der Waals surface area contributed by atoms with Crippen molar-refractivity contribution < 1.29 is 19.1 Å². The van der Waals surface area contributed by atoms with Crippen LogP contribution in [0.4, 0.5) is 0 Å². The molecule has 0 fully saturated rings. The second kappa shape index (κ2) is 8.13. The lowest BCUT2D eigenvalue weighted by Gasteiger charge is -2.18. The smallest absolute Gasteiger partial charge is 0.320 e. The van der Waals surface area contributed by atoms with Gasteiger partial charge in [-0.2, -0.15) is 0 Å². The van der Waals surface area contributed by atoms with Gasteiger partial charge < -0.3 is 9.47 Å². The second-order valence-corrected chi connectivity index (χ2v) is 3.90. The number of ether oxygens (including phenoxy) is 2. The fraction of sp³-hybridized carbons (Fsp3) is 0.833. The number of carbonyl (C=O) groups is 2. The van der Waals surface area contributed by atoms with Crippen LogP contribution in [0.15, 0.2) is 0 Å². The third kappa shape index (κ3) is 4.64. The van der Waals surface area contributed by atoms with E-state index in [9.17, 15) is 9.59 Å². The van der Waals surface area contributed by atoms with Crippen molar-refractivity contribution in [2.75, 3.05) is 14.2 Å². The molecule has 0 rings (SSSR count). The molecule has 16 heavy (non-hydrogen) atoms. The molecule has 4 heteroatoms. The molecule has 0 bridgehead atoms. The van der Waals surface area contributed by atoms with Crippen LogP contribution in [0.25, 0.3) is 0 Å². The Bertz CT molecular complexity index is 209. The normalized spacial score (nSPS) is 12.3. The Labute approximate surface area is 97.3 Å². The maximum absolute atomic E-state index is 11.4. The van der Waals surface area contributed by atoms with Crippen LogP contribution in [0, 0.1) is 11.8 Å². The average Bonchev–Trinajstić information content (AvgIpc) is 2.32. The van der Waals surface area contributed by atoms with E-state index in [0.29, 0.717) is 12.3 Å². The SMILES string of the molecule is CCCC(CC)CC(C(=O)OC)C(=O)OC. The number of hydrogen-bond donors (Lipinski definition) is 0. The molecule has 0 aromatic carbocycles. The highest BCUT2D eigenvalue weighted by Gasteiger charge is 2.30. The molecule has 0 aliphatic heterocycles. The molecule has 0 saturated heterocycles. The summed E-state index contributed by atoms with van der Waals surface area (Å²) in [6, 6.07) is 0. The quantitative estimate of drug-likeness (QED) is 0.497. The lowest BCUT2D eigenvalue weighted by Crippen LogP contribution is -2.28. The first-order chi connectivity index (χ1) is 7.60. The van der Waals surface area contributed by atoms with Crippen LogP contribution >= 0.6 is 0 Å². The van der Waals surface area contributed by atoms with Crippen LogP contribution in [0.5, 0.6) is 0 Å². The molecule has 1 atom stereocenters. The van der Waals surface area contributed by atoms with E-state index >= 15 is 0 Å². The predicted octanol–water partition coefficient (Wildman–Crippen LogP) is 2.17. The minimum atomic E-state index is -0.772. The Hall–Kier alpha value is -1.06. The van der Waals surface area contributed by atoms with Crippen LogP contribution in [0.2, 0.25) is 0 Å². The van der Waals surface area contributed by atoms with E-state index < -0.39 is 17.9 Å². The third-order valence-corrected chi connectivity index (χ3v) is 2.81. The molecular weight excluding hydrogens is 208 g/mol. The maximum atomic E-state index is 11.4. The Morgan fingerprint density at radius 1 is 1.06 bits per heavy atom. The van der Waals surface area contributed by atoms with Crippen molar-refractivity contribution in [1.29, 1.82) is 0 Å². The highest BCUT2D eigenvalue weighted by atomic mass is 16.5. The molecule has 0 amide bonds. The molecule has 1 unspecified atom stereocenters. The molecule has 4 nitrogen and oxygen atoms in total. The summed E-state index contributed by atoms with van der Waals surface area (Å²) in [6.45, 7) is 4.15. The Morgan fingerprint density at radius 2 is 1.56 bits per heavy atom. The monoisotopic (exact) mass is 230 g/mol. The van der Waals surface area contributed by atoms with Crippen LogP contribution in [-0.2, 0) is 19.1 Å². The fourth-order valence-corrected chi connectivity index (χ4v) is 1.80. The highest BCUT2D eigenvalue weighted by Crippen LogP contribution is 2.22. The van der Waals surface area contributed by atoms with Gasteiger partial charge in [-0.25, -0.2) is 0 Å². The highest BCUT2D eigenvalue weighted by molar-refractivity contribution is 5.94. The van der Waals surface area contributed by atoms with E-state index in [1.165, 1.54) is 14.2 Å². The minimum absolute atomic E-state index is 0.369. The van der Waals surface area contributed by atoms with E-state index in [0.717, 1.165) is 19.3 Å². The van der Waals surface area contributed by atoms with Crippen LogP contribution in [-0.4, -0.2) is 26.2 Å². The van der Waals surface area contributed by atoms with Gasteiger partial charge in [-0.3, -0.25) is 9.59 Å². The van der Waals surface area contributed by atoms with E-state index in [1.54, 1.807) is 0 Å². The Balaban J connectivity index is 4.51. The first-order valence-corrected chi connectivity index (χ1v) is 5.76. The molecule has 0 spiro atoms. The Kier molecular flexibility index (Phi) is 7.60. The summed E-state index contributed by atoms with van der Waals surface area (Å²) in [7, 11) is 2.58. The third-order valence-electron chi connectivity index (χ3n) is 2.81. The van der Waals surface area contributed by atoms with Gasteiger partial charge in [-0.05, 0) is 12.3 Å². The molecule has 0 aromatic heterocycles. The van der Waals surface area contributed by atoms with E-state index in [-0.39, 0.29) is 0 Å². The molecule has 0 aliphatic rings. The first-order valence-electron chi connectivity index (χ1n) is 5.76. The van der Waals surface area contributed by atoms with Gasteiger partial charge in [0.15, 0.2) is 5.92 Å². The van der Waals surface area contributed by atoms with Gasteiger partial charge in [0.2, 0.25) is 0 Å². The average molecular weight is 230 g/mol. The summed E-state index contributed by atoms with van der Waals surface area (Å²) >= 11 is 0. The molecule has 94 valence electrons. The summed E-state index contributed by atoms with van der Waals surface area (Å²) in [4.78, 5) is 22.9. The zero-order chi connectivity index (χ0) is 12.6. The van der Waals surface area contributed by atoms with Crippen LogP contribution < -0.4 is 0 Å². The number of rotatable bonds is 7. The summed E-state index contributed by atoms with van der Waals surface area (Å²) in [6.07, 6.45) is 3.54. The Morgan fingerprint density at radius 3 is 1.88 bits per heavy atom. The van der Waals surface area contributed by atoms with Crippen molar-refractivity contribution in [3.63, 3.8) is 0 Å². The summed E-state index contributed by atoms with van der Waals surface area (Å²) < 4.78 is 9.24. The molecule has 0 heterocycles. The molecule has 0 radical (unpaired) electrons.